The lowest BCUT2D eigenvalue weighted by molar-refractivity contribution is -0.138. The predicted octanol–water partition coefficient (Wildman–Crippen LogP) is 4.36. The Balaban J connectivity index is 2.00. The molecule has 1 atom stereocenters. The molecule has 0 aromatic heterocycles. The number of hydrogen-bond acceptors (Lipinski definition) is 2. The van der Waals surface area contributed by atoms with Crippen LogP contribution in [0.3, 0.4) is 0 Å². The zero-order valence-electron chi connectivity index (χ0n) is 11.3. The minimum Gasteiger partial charge on any atom is -0.489 e. The van der Waals surface area contributed by atoms with E-state index in [1.54, 1.807) is 31.2 Å². The molecular weight excluding hydrogens is 339 g/mol. The van der Waals surface area contributed by atoms with Crippen molar-refractivity contribution in [1.82, 2.24) is 0 Å². The maximum Gasteiger partial charge on any atom is 0.310 e. The van der Waals surface area contributed by atoms with Crippen LogP contribution in [0.1, 0.15) is 24.0 Å². The third kappa shape index (κ3) is 4.04. The standard InChI is InChI=1S/C16H14BrFO3/c1-10(16(19)20)12-4-2-11(3-5-12)9-21-13-6-7-14(17)15(18)8-13/h2-8,10H,9H2,1H3,(H,19,20). The summed E-state index contributed by atoms with van der Waals surface area (Å²) in [5.41, 5.74) is 1.63. The van der Waals surface area contributed by atoms with Gasteiger partial charge in [-0.25, -0.2) is 4.39 Å². The van der Waals surface area contributed by atoms with E-state index in [4.69, 9.17) is 9.84 Å². The van der Waals surface area contributed by atoms with Crippen molar-refractivity contribution in [3.8, 4) is 5.75 Å². The summed E-state index contributed by atoms with van der Waals surface area (Å²) in [7, 11) is 0. The molecule has 0 aliphatic rings. The first-order chi connectivity index (χ1) is 9.97. The van der Waals surface area contributed by atoms with Crippen molar-refractivity contribution in [2.75, 3.05) is 0 Å². The first kappa shape index (κ1) is 15.5. The Labute approximate surface area is 130 Å². The molecule has 110 valence electrons. The first-order valence-corrected chi connectivity index (χ1v) is 7.16. The van der Waals surface area contributed by atoms with Crippen LogP contribution in [0.5, 0.6) is 5.75 Å². The smallest absolute Gasteiger partial charge is 0.310 e. The Bertz CT molecular complexity index is 640. The van der Waals surface area contributed by atoms with Gasteiger partial charge in [0.05, 0.1) is 10.4 Å². The maximum atomic E-state index is 13.3. The van der Waals surface area contributed by atoms with Gasteiger partial charge in [-0.2, -0.15) is 0 Å². The molecule has 21 heavy (non-hydrogen) atoms. The quantitative estimate of drug-likeness (QED) is 0.869. The molecule has 5 heteroatoms. The number of carboxylic acid groups (broad SMARTS) is 1. The van der Waals surface area contributed by atoms with Crippen molar-refractivity contribution in [1.29, 1.82) is 0 Å². The number of hydrogen-bond donors (Lipinski definition) is 1. The Morgan fingerprint density at radius 1 is 1.29 bits per heavy atom. The summed E-state index contributed by atoms with van der Waals surface area (Å²) < 4.78 is 19.2. The fourth-order valence-corrected chi connectivity index (χ4v) is 2.03. The minimum atomic E-state index is -0.857. The van der Waals surface area contributed by atoms with Crippen LogP contribution in [-0.4, -0.2) is 11.1 Å². The van der Waals surface area contributed by atoms with E-state index in [9.17, 15) is 9.18 Å². The summed E-state index contributed by atoms with van der Waals surface area (Å²) in [4.78, 5) is 10.9. The van der Waals surface area contributed by atoms with Crippen LogP contribution in [0.15, 0.2) is 46.9 Å². The summed E-state index contributed by atoms with van der Waals surface area (Å²) in [5.74, 6) is -1.33. The molecule has 2 rings (SSSR count). The third-order valence-corrected chi connectivity index (χ3v) is 3.79. The molecule has 0 saturated heterocycles. The normalized spacial score (nSPS) is 12.0. The highest BCUT2D eigenvalue weighted by Gasteiger charge is 2.13. The van der Waals surface area contributed by atoms with Crippen molar-refractivity contribution in [3.05, 3.63) is 63.9 Å². The second-order valence-electron chi connectivity index (χ2n) is 4.67. The Morgan fingerprint density at radius 2 is 1.95 bits per heavy atom. The monoisotopic (exact) mass is 352 g/mol. The molecule has 0 bridgehead atoms. The molecule has 2 aromatic rings. The number of benzene rings is 2. The van der Waals surface area contributed by atoms with Crippen LogP contribution in [-0.2, 0) is 11.4 Å². The fourth-order valence-electron chi connectivity index (χ4n) is 1.78. The molecule has 0 saturated carbocycles. The number of halogens is 2. The summed E-state index contributed by atoms with van der Waals surface area (Å²) in [6.45, 7) is 1.93. The molecule has 0 amide bonds. The highest BCUT2D eigenvalue weighted by molar-refractivity contribution is 9.10. The van der Waals surface area contributed by atoms with Gasteiger partial charge in [-0.15, -0.1) is 0 Å². The molecule has 0 heterocycles. The maximum absolute atomic E-state index is 13.3. The van der Waals surface area contributed by atoms with Crippen LogP contribution >= 0.6 is 15.9 Å². The highest BCUT2D eigenvalue weighted by Crippen LogP contribution is 2.22. The summed E-state index contributed by atoms with van der Waals surface area (Å²) >= 11 is 3.08. The van der Waals surface area contributed by atoms with Crippen molar-refractivity contribution in [2.24, 2.45) is 0 Å². The van der Waals surface area contributed by atoms with Gasteiger partial charge >= 0.3 is 5.97 Å². The second-order valence-corrected chi connectivity index (χ2v) is 5.52. The van der Waals surface area contributed by atoms with Gasteiger partial charge in [-0.05, 0) is 46.1 Å². The predicted molar refractivity (Wildman–Crippen MR) is 80.9 cm³/mol. The van der Waals surface area contributed by atoms with E-state index in [1.165, 1.54) is 6.07 Å². The van der Waals surface area contributed by atoms with Crippen LogP contribution in [0.25, 0.3) is 0 Å². The van der Waals surface area contributed by atoms with E-state index in [0.717, 1.165) is 11.1 Å². The SMILES string of the molecule is CC(C(=O)O)c1ccc(COc2ccc(Br)c(F)c2)cc1. The zero-order valence-corrected chi connectivity index (χ0v) is 12.9. The van der Waals surface area contributed by atoms with Crippen molar-refractivity contribution in [2.45, 2.75) is 19.4 Å². The number of aliphatic carboxylic acids is 1. The topological polar surface area (TPSA) is 46.5 Å². The van der Waals surface area contributed by atoms with E-state index in [2.05, 4.69) is 15.9 Å². The molecule has 0 fully saturated rings. The summed E-state index contributed by atoms with van der Waals surface area (Å²) in [5, 5.41) is 8.94. The molecule has 0 radical (unpaired) electrons. The average molecular weight is 353 g/mol. The molecule has 2 aromatic carbocycles. The Hall–Kier alpha value is -1.88. The number of carboxylic acids is 1. The highest BCUT2D eigenvalue weighted by atomic mass is 79.9. The second kappa shape index (κ2) is 6.72. The van der Waals surface area contributed by atoms with Crippen molar-refractivity contribution < 1.29 is 19.0 Å². The van der Waals surface area contributed by atoms with E-state index >= 15 is 0 Å². The molecular formula is C16H14BrFO3. The van der Waals surface area contributed by atoms with E-state index in [-0.39, 0.29) is 5.82 Å². The van der Waals surface area contributed by atoms with Crippen LogP contribution in [0, 0.1) is 5.82 Å². The van der Waals surface area contributed by atoms with Gasteiger partial charge in [0, 0.05) is 6.07 Å². The lowest BCUT2D eigenvalue weighted by Crippen LogP contribution is -2.07. The van der Waals surface area contributed by atoms with Crippen LogP contribution in [0.4, 0.5) is 4.39 Å². The lowest BCUT2D eigenvalue weighted by atomic mass is 10.0. The summed E-state index contributed by atoms with van der Waals surface area (Å²) in [6, 6.07) is 11.7. The van der Waals surface area contributed by atoms with Gasteiger partial charge in [-0.1, -0.05) is 24.3 Å². The van der Waals surface area contributed by atoms with Gasteiger partial charge in [0.15, 0.2) is 0 Å². The molecule has 0 spiro atoms. The van der Waals surface area contributed by atoms with Gasteiger partial charge in [0.1, 0.15) is 18.2 Å². The lowest BCUT2D eigenvalue weighted by Gasteiger charge is -2.09. The van der Waals surface area contributed by atoms with Crippen molar-refractivity contribution in [3.63, 3.8) is 0 Å². The Morgan fingerprint density at radius 3 is 2.52 bits per heavy atom. The third-order valence-electron chi connectivity index (χ3n) is 3.15. The van der Waals surface area contributed by atoms with Gasteiger partial charge < -0.3 is 9.84 Å². The molecule has 0 aliphatic carbocycles. The number of rotatable bonds is 5. The number of carbonyl (C=O) groups is 1. The average Bonchev–Trinajstić information content (AvgIpc) is 2.48. The fraction of sp³-hybridized carbons (Fsp3) is 0.188. The van der Waals surface area contributed by atoms with E-state index < -0.39 is 11.9 Å². The largest absolute Gasteiger partial charge is 0.489 e. The minimum absolute atomic E-state index is 0.294. The van der Waals surface area contributed by atoms with E-state index in [0.29, 0.717) is 16.8 Å². The number of ether oxygens (including phenoxy) is 1. The van der Waals surface area contributed by atoms with Gasteiger partial charge in [0.25, 0.3) is 0 Å². The molecule has 1 unspecified atom stereocenters. The molecule has 1 N–H and O–H groups in total. The first-order valence-electron chi connectivity index (χ1n) is 6.37. The van der Waals surface area contributed by atoms with Crippen LogP contribution < -0.4 is 4.74 Å². The summed E-state index contributed by atoms with van der Waals surface area (Å²) in [6.07, 6.45) is 0. The van der Waals surface area contributed by atoms with Crippen molar-refractivity contribution >= 4 is 21.9 Å². The Kier molecular flexibility index (Phi) is 4.96. The molecule has 0 aliphatic heterocycles. The van der Waals surface area contributed by atoms with Gasteiger partial charge in [0.2, 0.25) is 0 Å². The van der Waals surface area contributed by atoms with E-state index in [1.807, 2.05) is 12.1 Å². The molecule has 3 nitrogen and oxygen atoms in total. The zero-order chi connectivity index (χ0) is 15.4. The van der Waals surface area contributed by atoms with Gasteiger partial charge in [-0.3, -0.25) is 4.79 Å². The van der Waals surface area contributed by atoms with Crippen LogP contribution in [0.2, 0.25) is 0 Å².